The van der Waals surface area contributed by atoms with Gasteiger partial charge in [-0.25, -0.2) is 13.4 Å². The maximum atomic E-state index is 13.0. The topological polar surface area (TPSA) is 88.6 Å². The summed E-state index contributed by atoms with van der Waals surface area (Å²) < 4.78 is 33.0. The summed E-state index contributed by atoms with van der Waals surface area (Å²) in [5, 5.41) is 3.39. The molecule has 1 N–H and O–H groups in total. The normalized spacial score (nSPS) is 13.7. The van der Waals surface area contributed by atoms with Crippen molar-refractivity contribution in [2.75, 3.05) is 5.32 Å². The lowest BCUT2D eigenvalue weighted by Gasteiger charge is -2.16. The van der Waals surface area contributed by atoms with Gasteiger partial charge in [0, 0.05) is 30.2 Å². The fourth-order valence-electron chi connectivity index (χ4n) is 2.90. The molecule has 0 unspecified atom stereocenters. The molecule has 29 heavy (non-hydrogen) atoms. The molecule has 0 spiro atoms. The first kappa shape index (κ1) is 19.3. The van der Waals surface area contributed by atoms with Crippen molar-refractivity contribution in [2.45, 2.75) is 18.0 Å². The number of pyridine rings is 1. The van der Waals surface area contributed by atoms with Crippen molar-refractivity contribution in [3.8, 4) is 11.6 Å². The van der Waals surface area contributed by atoms with Crippen molar-refractivity contribution >= 4 is 32.3 Å². The van der Waals surface area contributed by atoms with Crippen LogP contribution >= 0.6 is 11.3 Å². The summed E-state index contributed by atoms with van der Waals surface area (Å²) in [6.07, 6.45) is 2.82. The summed E-state index contributed by atoms with van der Waals surface area (Å²) >= 11 is 1.37. The Morgan fingerprint density at radius 3 is 2.66 bits per heavy atom. The molecule has 3 aromatic rings. The highest BCUT2D eigenvalue weighted by Gasteiger charge is 2.32. The standard InChI is InChI=1S/C20H17N3O4S2/c1-2-18(24)22-20-11-14-12-23(13-17(14)28-20)29(25,26)16-8-6-15(7-9-16)27-19-5-3-4-10-21-19/h2-11H,1,12-13H2,(H,22,24). The molecule has 0 bridgehead atoms. The minimum Gasteiger partial charge on any atom is -0.439 e. The highest BCUT2D eigenvalue weighted by atomic mass is 32.2. The lowest BCUT2D eigenvalue weighted by Crippen LogP contribution is -2.25. The molecule has 148 valence electrons. The Bertz CT molecular complexity index is 1130. The average molecular weight is 428 g/mol. The summed E-state index contributed by atoms with van der Waals surface area (Å²) in [5.41, 5.74) is 0.896. The van der Waals surface area contributed by atoms with Crippen LogP contribution in [0.1, 0.15) is 10.4 Å². The summed E-state index contributed by atoms with van der Waals surface area (Å²) in [4.78, 5) is 16.6. The van der Waals surface area contributed by atoms with Crippen LogP contribution in [0.2, 0.25) is 0 Å². The maximum absolute atomic E-state index is 13.0. The van der Waals surface area contributed by atoms with Gasteiger partial charge in [-0.1, -0.05) is 12.6 Å². The molecule has 0 aliphatic carbocycles. The number of sulfonamides is 1. The van der Waals surface area contributed by atoms with E-state index in [0.717, 1.165) is 10.4 Å². The van der Waals surface area contributed by atoms with Gasteiger partial charge >= 0.3 is 0 Å². The number of fused-ring (bicyclic) bond motifs is 1. The lowest BCUT2D eigenvalue weighted by molar-refractivity contribution is -0.111. The number of ether oxygens (including phenoxy) is 1. The molecule has 1 amide bonds. The molecule has 2 aromatic heterocycles. The van der Waals surface area contributed by atoms with Crippen molar-refractivity contribution in [1.82, 2.24) is 9.29 Å². The lowest BCUT2D eigenvalue weighted by atomic mass is 10.3. The van der Waals surface area contributed by atoms with Crippen molar-refractivity contribution < 1.29 is 17.9 Å². The van der Waals surface area contributed by atoms with Gasteiger partial charge < -0.3 is 10.1 Å². The third-order valence-corrected chi connectivity index (χ3v) is 7.20. The second-order valence-electron chi connectivity index (χ2n) is 6.27. The van der Waals surface area contributed by atoms with E-state index in [4.69, 9.17) is 4.74 Å². The molecule has 1 aliphatic rings. The largest absolute Gasteiger partial charge is 0.439 e. The van der Waals surface area contributed by atoms with Crippen LogP contribution < -0.4 is 10.1 Å². The fourth-order valence-corrected chi connectivity index (χ4v) is 5.46. The molecule has 0 radical (unpaired) electrons. The van der Waals surface area contributed by atoms with Crippen LogP contribution in [0.3, 0.4) is 0 Å². The van der Waals surface area contributed by atoms with Gasteiger partial charge in [-0.05, 0) is 48.0 Å². The number of carbonyl (C=O) groups excluding carboxylic acids is 1. The summed E-state index contributed by atoms with van der Waals surface area (Å²) in [6, 6.07) is 13.4. The Hall–Kier alpha value is -3.01. The number of hydrogen-bond donors (Lipinski definition) is 1. The zero-order chi connectivity index (χ0) is 20.4. The van der Waals surface area contributed by atoms with Crippen LogP contribution in [0.25, 0.3) is 0 Å². The first-order valence-corrected chi connectivity index (χ1v) is 11.0. The summed E-state index contributed by atoms with van der Waals surface area (Å²) in [7, 11) is -3.64. The number of thiophene rings is 1. The Balaban J connectivity index is 1.46. The van der Waals surface area contributed by atoms with E-state index in [1.165, 1.54) is 33.9 Å². The number of hydrogen-bond acceptors (Lipinski definition) is 6. The highest BCUT2D eigenvalue weighted by Crippen LogP contribution is 2.37. The number of nitrogens with zero attached hydrogens (tertiary/aromatic N) is 2. The van der Waals surface area contributed by atoms with E-state index in [9.17, 15) is 13.2 Å². The second kappa shape index (κ2) is 7.78. The molecule has 1 aliphatic heterocycles. The fraction of sp³-hybridized carbons (Fsp3) is 0.100. The zero-order valence-corrected chi connectivity index (χ0v) is 16.9. The quantitative estimate of drug-likeness (QED) is 0.605. The van der Waals surface area contributed by atoms with E-state index >= 15 is 0 Å². The van der Waals surface area contributed by atoms with E-state index < -0.39 is 10.0 Å². The van der Waals surface area contributed by atoms with Gasteiger partial charge in [0.15, 0.2) is 0 Å². The van der Waals surface area contributed by atoms with Gasteiger partial charge in [-0.3, -0.25) is 4.79 Å². The first-order valence-electron chi connectivity index (χ1n) is 8.70. The Labute approximate surface area is 172 Å². The number of benzene rings is 1. The molecule has 0 fully saturated rings. The van der Waals surface area contributed by atoms with E-state index in [2.05, 4.69) is 16.9 Å². The van der Waals surface area contributed by atoms with E-state index in [0.29, 0.717) is 16.6 Å². The van der Waals surface area contributed by atoms with Crippen LogP contribution in [-0.4, -0.2) is 23.6 Å². The maximum Gasteiger partial charge on any atom is 0.248 e. The summed E-state index contributed by atoms with van der Waals surface area (Å²) in [6.45, 7) is 3.96. The van der Waals surface area contributed by atoms with Gasteiger partial charge in [0.05, 0.1) is 9.90 Å². The predicted octanol–water partition coefficient (Wildman–Crippen LogP) is 3.76. The zero-order valence-electron chi connectivity index (χ0n) is 15.2. The molecule has 1 aromatic carbocycles. The number of aromatic nitrogens is 1. The van der Waals surface area contributed by atoms with Crippen LogP contribution in [-0.2, 0) is 27.9 Å². The number of anilines is 1. The molecule has 0 saturated carbocycles. The molecule has 7 nitrogen and oxygen atoms in total. The molecule has 3 heterocycles. The second-order valence-corrected chi connectivity index (χ2v) is 9.34. The Kier molecular flexibility index (Phi) is 5.18. The van der Waals surface area contributed by atoms with E-state index in [1.54, 1.807) is 42.6 Å². The molecule has 4 rings (SSSR count). The first-order chi connectivity index (χ1) is 14.0. The smallest absolute Gasteiger partial charge is 0.248 e. The van der Waals surface area contributed by atoms with Crippen molar-refractivity contribution in [1.29, 1.82) is 0 Å². The highest BCUT2D eigenvalue weighted by molar-refractivity contribution is 7.89. The third kappa shape index (κ3) is 4.07. The number of rotatable bonds is 6. The summed E-state index contributed by atoms with van der Waals surface area (Å²) in [5.74, 6) is 0.652. The van der Waals surface area contributed by atoms with Gasteiger partial charge in [0.1, 0.15) is 5.75 Å². The van der Waals surface area contributed by atoms with Crippen molar-refractivity contribution in [2.24, 2.45) is 0 Å². The number of amides is 1. The Morgan fingerprint density at radius 2 is 2.00 bits per heavy atom. The minimum absolute atomic E-state index is 0.196. The van der Waals surface area contributed by atoms with Crippen LogP contribution in [0, 0.1) is 0 Å². The molecule has 9 heteroatoms. The van der Waals surface area contributed by atoms with Crippen LogP contribution in [0.4, 0.5) is 5.00 Å². The Morgan fingerprint density at radius 1 is 1.21 bits per heavy atom. The van der Waals surface area contributed by atoms with Crippen LogP contribution in [0.15, 0.2) is 72.3 Å². The third-order valence-electron chi connectivity index (χ3n) is 4.32. The molecule has 0 saturated heterocycles. The van der Waals surface area contributed by atoms with Crippen LogP contribution in [0.5, 0.6) is 11.6 Å². The molecular formula is C20H17N3O4S2. The molecule has 0 atom stereocenters. The van der Waals surface area contributed by atoms with E-state index in [-0.39, 0.29) is 23.9 Å². The van der Waals surface area contributed by atoms with Crippen molar-refractivity contribution in [3.05, 3.63) is 77.8 Å². The monoisotopic (exact) mass is 427 g/mol. The van der Waals surface area contributed by atoms with E-state index in [1.807, 2.05) is 0 Å². The van der Waals surface area contributed by atoms with Crippen molar-refractivity contribution in [3.63, 3.8) is 0 Å². The molecular weight excluding hydrogens is 410 g/mol. The van der Waals surface area contributed by atoms with Gasteiger partial charge in [0.25, 0.3) is 0 Å². The van der Waals surface area contributed by atoms with Gasteiger partial charge in [-0.2, -0.15) is 4.31 Å². The number of carbonyl (C=O) groups is 1. The van der Waals surface area contributed by atoms with Gasteiger partial charge in [-0.15, -0.1) is 11.3 Å². The minimum atomic E-state index is -3.64. The van der Waals surface area contributed by atoms with Gasteiger partial charge in [0.2, 0.25) is 21.8 Å². The predicted molar refractivity (Wildman–Crippen MR) is 110 cm³/mol. The SMILES string of the molecule is C=CC(=O)Nc1cc2c(s1)CN(S(=O)(=O)c1ccc(Oc3ccccn3)cc1)C2. The average Bonchev–Trinajstić information content (AvgIpc) is 3.28. The number of nitrogens with one attached hydrogen (secondary N) is 1.